The predicted molar refractivity (Wildman–Crippen MR) is 75.0 cm³/mol. The van der Waals surface area contributed by atoms with Crippen LogP contribution in [0.3, 0.4) is 0 Å². The molecule has 0 radical (unpaired) electrons. The van der Waals surface area contributed by atoms with Gasteiger partial charge in [-0.05, 0) is 30.5 Å². The highest BCUT2D eigenvalue weighted by Gasteiger charge is 2.34. The summed E-state index contributed by atoms with van der Waals surface area (Å²) in [6.45, 7) is 0. The second-order valence-electron chi connectivity index (χ2n) is 4.61. The summed E-state index contributed by atoms with van der Waals surface area (Å²) in [5, 5.41) is 0. The van der Waals surface area contributed by atoms with Gasteiger partial charge < -0.3 is 5.73 Å². The summed E-state index contributed by atoms with van der Waals surface area (Å²) in [6.07, 6.45) is -3.00. The Balaban J connectivity index is 2.90. The van der Waals surface area contributed by atoms with Crippen molar-refractivity contribution in [2.24, 2.45) is 5.73 Å². The van der Waals surface area contributed by atoms with Crippen LogP contribution in [0.15, 0.2) is 22.7 Å². The first kappa shape index (κ1) is 17.5. The molecule has 2 N–H and O–H groups in total. The van der Waals surface area contributed by atoms with Gasteiger partial charge in [-0.2, -0.15) is 13.2 Å². The molecule has 8 heteroatoms. The third kappa shape index (κ3) is 5.41. The minimum Gasteiger partial charge on any atom is -0.324 e. The third-order valence-corrected chi connectivity index (χ3v) is 4.27. The second-order valence-corrected chi connectivity index (χ2v) is 7.78. The van der Waals surface area contributed by atoms with Crippen molar-refractivity contribution < 1.29 is 21.6 Å². The molecule has 0 aliphatic rings. The zero-order chi connectivity index (χ0) is 15.6. The summed E-state index contributed by atoms with van der Waals surface area (Å²) in [6, 6.07) is 2.94. The Morgan fingerprint density at radius 1 is 1.35 bits per heavy atom. The van der Waals surface area contributed by atoms with Crippen LogP contribution in [0.5, 0.6) is 0 Å². The van der Waals surface area contributed by atoms with Crippen LogP contribution in [0.2, 0.25) is 0 Å². The highest BCUT2D eigenvalue weighted by Crippen LogP contribution is 2.36. The molecule has 3 nitrogen and oxygen atoms in total. The summed E-state index contributed by atoms with van der Waals surface area (Å²) in [5.74, 6) is -0.0847. The number of nitrogens with two attached hydrogens (primary N) is 1. The molecule has 0 fully saturated rings. The van der Waals surface area contributed by atoms with Gasteiger partial charge in [0.25, 0.3) is 0 Å². The van der Waals surface area contributed by atoms with E-state index in [4.69, 9.17) is 5.73 Å². The number of hydrogen-bond donors (Lipinski definition) is 1. The molecule has 0 aromatic heterocycles. The highest BCUT2D eigenvalue weighted by molar-refractivity contribution is 9.10. The molecule has 1 atom stereocenters. The Hall–Kier alpha value is -0.600. The molecule has 0 bridgehead atoms. The van der Waals surface area contributed by atoms with Crippen LogP contribution in [-0.4, -0.2) is 20.4 Å². The monoisotopic (exact) mass is 373 g/mol. The Morgan fingerprint density at radius 3 is 2.45 bits per heavy atom. The smallest absolute Gasteiger partial charge is 0.324 e. The van der Waals surface area contributed by atoms with Gasteiger partial charge in [0.2, 0.25) is 0 Å². The normalized spacial score (nSPS) is 14.3. The zero-order valence-electron chi connectivity index (χ0n) is 10.7. The maximum Gasteiger partial charge on any atom is 0.416 e. The lowest BCUT2D eigenvalue weighted by Gasteiger charge is -2.18. The fourth-order valence-electron chi connectivity index (χ4n) is 1.82. The number of rotatable bonds is 5. The molecule has 20 heavy (non-hydrogen) atoms. The van der Waals surface area contributed by atoms with E-state index in [2.05, 4.69) is 15.9 Å². The van der Waals surface area contributed by atoms with E-state index in [1.165, 1.54) is 12.1 Å². The Labute approximate surface area is 124 Å². The molecular formula is C12H15BrF3NO2S. The Morgan fingerprint density at radius 2 is 1.95 bits per heavy atom. The molecule has 0 aliphatic heterocycles. The van der Waals surface area contributed by atoms with Gasteiger partial charge in [0.1, 0.15) is 9.84 Å². The molecule has 1 unspecified atom stereocenters. The van der Waals surface area contributed by atoms with Crippen molar-refractivity contribution in [3.63, 3.8) is 0 Å². The van der Waals surface area contributed by atoms with Gasteiger partial charge in [0.05, 0.1) is 5.56 Å². The number of alkyl halides is 3. The van der Waals surface area contributed by atoms with Gasteiger partial charge in [-0.15, -0.1) is 0 Å². The van der Waals surface area contributed by atoms with Crippen molar-refractivity contribution in [3.05, 3.63) is 33.8 Å². The van der Waals surface area contributed by atoms with E-state index in [0.717, 1.165) is 12.3 Å². The molecule has 0 spiro atoms. The number of halogens is 4. The average molecular weight is 374 g/mol. The molecule has 1 rings (SSSR count). The summed E-state index contributed by atoms with van der Waals surface area (Å²) in [7, 11) is -3.13. The molecule has 1 aromatic carbocycles. The van der Waals surface area contributed by atoms with Crippen molar-refractivity contribution in [2.75, 3.05) is 12.0 Å². The summed E-state index contributed by atoms with van der Waals surface area (Å²) >= 11 is 3.00. The molecule has 1 aromatic rings. The lowest BCUT2D eigenvalue weighted by molar-refractivity contribution is -0.138. The fourth-order valence-corrected chi connectivity index (χ4v) is 2.87. The van der Waals surface area contributed by atoms with Crippen molar-refractivity contribution in [3.8, 4) is 0 Å². The van der Waals surface area contributed by atoms with Crippen LogP contribution >= 0.6 is 15.9 Å². The standard InChI is InChI=1S/C12H15BrF3NO2S/c1-20(18,19)6-2-3-11(17)9-5-4-8(13)7-10(9)12(14,15)16/h4-5,7,11H,2-3,6,17H2,1H3. The van der Waals surface area contributed by atoms with Gasteiger partial charge in [0, 0.05) is 22.5 Å². The maximum atomic E-state index is 12.9. The molecule has 0 saturated carbocycles. The SMILES string of the molecule is CS(=O)(=O)CCCC(N)c1ccc(Br)cc1C(F)(F)F. The van der Waals surface area contributed by atoms with E-state index in [9.17, 15) is 21.6 Å². The lowest BCUT2D eigenvalue weighted by atomic mass is 9.97. The summed E-state index contributed by atoms with van der Waals surface area (Å²) in [4.78, 5) is 0. The molecular weight excluding hydrogens is 359 g/mol. The molecule has 0 amide bonds. The van der Waals surface area contributed by atoms with Crippen LogP contribution in [0.25, 0.3) is 0 Å². The van der Waals surface area contributed by atoms with Crippen LogP contribution in [0.1, 0.15) is 30.0 Å². The lowest BCUT2D eigenvalue weighted by Crippen LogP contribution is -2.18. The van der Waals surface area contributed by atoms with Crippen LogP contribution in [-0.2, 0) is 16.0 Å². The van der Waals surface area contributed by atoms with E-state index < -0.39 is 27.6 Å². The van der Waals surface area contributed by atoms with Gasteiger partial charge >= 0.3 is 6.18 Å². The fraction of sp³-hybridized carbons (Fsp3) is 0.500. The van der Waals surface area contributed by atoms with E-state index in [-0.39, 0.29) is 24.2 Å². The van der Waals surface area contributed by atoms with E-state index >= 15 is 0 Å². The van der Waals surface area contributed by atoms with Crippen molar-refractivity contribution in [2.45, 2.75) is 25.1 Å². The van der Waals surface area contributed by atoms with Gasteiger partial charge in [-0.1, -0.05) is 22.0 Å². The number of hydrogen-bond acceptors (Lipinski definition) is 3. The number of benzene rings is 1. The second kappa shape index (κ2) is 6.44. The molecule has 0 saturated heterocycles. The van der Waals surface area contributed by atoms with Crippen LogP contribution in [0, 0.1) is 0 Å². The average Bonchev–Trinajstić information content (AvgIpc) is 2.25. The number of sulfone groups is 1. The van der Waals surface area contributed by atoms with Gasteiger partial charge in [-0.25, -0.2) is 8.42 Å². The molecule has 0 heterocycles. The van der Waals surface area contributed by atoms with Gasteiger partial charge in [0.15, 0.2) is 0 Å². The minimum atomic E-state index is -4.49. The Bertz CT molecular complexity index is 573. The van der Waals surface area contributed by atoms with Crippen LogP contribution in [0.4, 0.5) is 13.2 Å². The first-order valence-corrected chi connectivity index (χ1v) is 8.66. The predicted octanol–water partition coefficient (Wildman–Crippen LogP) is 3.29. The third-order valence-electron chi connectivity index (χ3n) is 2.75. The van der Waals surface area contributed by atoms with Crippen LogP contribution < -0.4 is 5.73 Å². The van der Waals surface area contributed by atoms with Crippen molar-refractivity contribution >= 4 is 25.8 Å². The van der Waals surface area contributed by atoms with Crippen molar-refractivity contribution in [1.82, 2.24) is 0 Å². The minimum absolute atomic E-state index is 0.0193. The van der Waals surface area contributed by atoms with Gasteiger partial charge in [-0.3, -0.25) is 0 Å². The van der Waals surface area contributed by atoms with E-state index in [1.807, 2.05) is 0 Å². The topological polar surface area (TPSA) is 60.2 Å². The quantitative estimate of drug-likeness (QED) is 0.861. The summed E-state index contributed by atoms with van der Waals surface area (Å²) in [5.41, 5.74) is 4.95. The largest absolute Gasteiger partial charge is 0.416 e. The van der Waals surface area contributed by atoms with E-state index in [1.54, 1.807) is 0 Å². The molecule has 0 aliphatic carbocycles. The summed E-state index contributed by atoms with van der Waals surface area (Å²) < 4.78 is 61.1. The van der Waals surface area contributed by atoms with Crippen molar-refractivity contribution in [1.29, 1.82) is 0 Å². The first-order valence-electron chi connectivity index (χ1n) is 5.80. The first-order chi connectivity index (χ1) is 9.00. The maximum absolute atomic E-state index is 12.9. The molecule has 114 valence electrons. The highest BCUT2D eigenvalue weighted by atomic mass is 79.9. The van der Waals surface area contributed by atoms with E-state index in [0.29, 0.717) is 4.47 Å². The Kier molecular flexibility index (Phi) is 5.62. The zero-order valence-corrected chi connectivity index (χ0v) is 13.1.